The topological polar surface area (TPSA) is 61.4 Å². The summed E-state index contributed by atoms with van der Waals surface area (Å²) in [6, 6.07) is 7.64. The van der Waals surface area contributed by atoms with Crippen molar-refractivity contribution in [1.29, 1.82) is 0 Å². The number of rotatable bonds is 5. The molecule has 1 heterocycles. The molecule has 1 aromatic carbocycles. The molecule has 2 rings (SSSR count). The molecule has 1 aliphatic rings. The van der Waals surface area contributed by atoms with Crippen molar-refractivity contribution in [3.63, 3.8) is 0 Å². The van der Waals surface area contributed by atoms with Gasteiger partial charge in [-0.3, -0.25) is 4.79 Å². The van der Waals surface area contributed by atoms with Crippen molar-refractivity contribution >= 4 is 18.3 Å². The molecule has 0 spiro atoms. The molecule has 0 aliphatic carbocycles. The fraction of sp³-hybridized carbons (Fsp3) is 0.533. The maximum Gasteiger partial charge on any atom is 0.220 e. The van der Waals surface area contributed by atoms with E-state index >= 15 is 0 Å². The van der Waals surface area contributed by atoms with Crippen molar-refractivity contribution in [2.24, 2.45) is 5.92 Å². The molecule has 1 amide bonds. The largest absolute Gasteiger partial charge is 0.392 e. The van der Waals surface area contributed by atoms with E-state index in [4.69, 9.17) is 0 Å². The summed E-state index contributed by atoms with van der Waals surface area (Å²) >= 11 is 0. The van der Waals surface area contributed by atoms with E-state index in [1.54, 1.807) is 0 Å². The molecule has 112 valence electrons. The molecule has 5 heteroatoms. The fourth-order valence-corrected chi connectivity index (χ4v) is 2.50. The Bertz CT molecular complexity index is 420. The van der Waals surface area contributed by atoms with Gasteiger partial charge in [0.25, 0.3) is 0 Å². The van der Waals surface area contributed by atoms with Crippen molar-refractivity contribution in [1.82, 2.24) is 10.6 Å². The van der Waals surface area contributed by atoms with Gasteiger partial charge in [-0.25, -0.2) is 0 Å². The summed E-state index contributed by atoms with van der Waals surface area (Å²) in [6.45, 7) is 2.55. The third-order valence-electron chi connectivity index (χ3n) is 3.70. The smallest absolute Gasteiger partial charge is 0.220 e. The molecule has 20 heavy (non-hydrogen) atoms. The normalized spacial score (nSPS) is 15.4. The van der Waals surface area contributed by atoms with Gasteiger partial charge in [0.1, 0.15) is 0 Å². The number of hydrogen-bond acceptors (Lipinski definition) is 3. The van der Waals surface area contributed by atoms with Crippen LogP contribution in [0, 0.1) is 5.92 Å². The van der Waals surface area contributed by atoms with Gasteiger partial charge in [0.2, 0.25) is 5.91 Å². The zero-order valence-electron chi connectivity index (χ0n) is 11.6. The average Bonchev–Trinajstić information content (AvgIpc) is 2.46. The third kappa shape index (κ3) is 5.12. The van der Waals surface area contributed by atoms with E-state index in [1.807, 2.05) is 24.3 Å². The van der Waals surface area contributed by atoms with E-state index in [2.05, 4.69) is 10.6 Å². The van der Waals surface area contributed by atoms with Gasteiger partial charge in [-0.05, 0) is 43.0 Å². The zero-order chi connectivity index (χ0) is 13.5. The first-order valence-corrected chi connectivity index (χ1v) is 6.94. The SMILES string of the molecule is Cl.O=C(CC1CCNCC1)NCc1ccccc1CO. The predicted molar refractivity (Wildman–Crippen MR) is 81.7 cm³/mol. The Morgan fingerprint density at radius 2 is 1.90 bits per heavy atom. The summed E-state index contributed by atoms with van der Waals surface area (Å²) in [4.78, 5) is 11.9. The molecular formula is C15H23ClN2O2. The number of hydrogen-bond donors (Lipinski definition) is 3. The van der Waals surface area contributed by atoms with Crippen molar-refractivity contribution in [2.75, 3.05) is 13.1 Å². The summed E-state index contributed by atoms with van der Waals surface area (Å²) in [7, 11) is 0. The Balaban J connectivity index is 0.00000200. The Kier molecular flexibility index (Phi) is 7.59. The van der Waals surface area contributed by atoms with Crippen LogP contribution in [0.25, 0.3) is 0 Å². The first kappa shape index (κ1) is 17.0. The second-order valence-electron chi connectivity index (χ2n) is 5.10. The van der Waals surface area contributed by atoms with Crippen LogP contribution >= 0.6 is 12.4 Å². The van der Waals surface area contributed by atoms with Crippen LogP contribution in [0.15, 0.2) is 24.3 Å². The van der Waals surface area contributed by atoms with E-state index < -0.39 is 0 Å². The van der Waals surface area contributed by atoms with Gasteiger partial charge < -0.3 is 15.7 Å². The number of nitrogens with one attached hydrogen (secondary N) is 2. The maximum absolute atomic E-state index is 11.9. The van der Waals surface area contributed by atoms with Crippen molar-refractivity contribution in [3.05, 3.63) is 35.4 Å². The highest BCUT2D eigenvalue weighted by Gasteiger charge is 2.16. The first-order valence-electron chi connectivity index (χ1n) is 6.94. The van der Waals surface area contributed by atoms with Crippen molar-refractivity contribution in [3.8, 4) is 0 Å². The van der Waals surface area contributed by atoms with Gasteiger partial charge in [-0.2, -0.15) is 0 Å². The Hall–Kier alpha value is -1.10. The molecule has 0 saturated carbocycles. The van der Waals surface area contributed by atoms with Crippen LogP contribution in [0.4, 0.5) is 0 Å². The Morgan fingerprint density at radius 3 is 2.55 bits per heavy atom. The van der Waals surface area contributed by atoms with E-state index in [0.29, 0.717) is 18.9 Å². The number of amides is 1. The lowest BCUT2D eigenvalue weighted by atomic mass is 9.94. The predicted octanol–water partition coefficient (Wildman–Crippen LogP) is 1.61. The minimum Gasteiger partial charge on any atom is -0.392 e. The minimum absolute atomic E-state index is 0. The number of carbonyl (C=O) groups excluding carboxylic acids is 1. The summed E-state index contributed by atoms with van der Waals surface area (Å²) < 4.78 is 0. The molecule has 0 radical (unpaired) electrons. The minimum atomic E-state index is 0. The molecule has 0 unspecified atom stereocenters. The molecule has 1 aliphatic heterocycles. The molecule has 3 N–H and O–H groups in total. The zero-order valence-corrected chi connectivity index (χ0v) is 12.4. The van der Waals surface area contributed by atoms with Crippen LogP contribution in [0.3, 0.4) is 0 Å². The van der Waals surface area contributed by atoms with Crippen LogP contribution in [0.5, 0.6) is 0 Å². The second kappa shape index (κ2) is 8.95. The molecule has 1 aromatic rings. The van der Waals surface area contributed by atoms with E-state index in [-0.39, 0.29) is 24.9 Å². The molecule has 1 saturated heterocycles. The number of carbonyl (C=O) groups is 1. The van der Waals surface area contributed by atoms with Crippen molar-refractivity contribution < 1.29 is 9.90 Å². The van der Waals surface area contributed by atoms with Gasteiger partial charge >= 0.3 is 0 Å². The molecular weight excluding hydrogens is 276 g/mol. The highest BCUT2D eigenvalue weighted by Crippen LogP contribution is 2.15. The summed E-state index contributed by atoms with van der Waals surface area (Å²) in [5, 5.41) is 15.5. The third-order valence-corrected chi connectivity index (χ3v) is 3.70. The fourth-order valence-electron chi connectivity index (χ4n) is 2.50. The molecule has 0 bridgehead atoms. The van der Waals surface area contributed by atoms with Gasteiger partial charge in [-0.1, -0.05) is 24.3 Å². The lowest BCUT2D eigenvalue weighted by Gasteiger charge is -2.22. The summed E-state index contributed by atoms with van der Waals surface area (Å²) in [6.07, 6.45) is 2.78. The Morgan fingerprint density at radius 1 is 1.25 bits per heavy atom. The van der Waals surface area contributed by atoms with Gasteiger partial charge in [0.05, 0.1) is 6.61 Å². The van der Waals surface area contributed by atoms with Gasteiger partial charge in [-0.15, -0.1) is 12.4 Å². The van der Waals surface area contributed by atoms with Crippen molar-refractivity contribution in [2.45, 2.75) is 32.4 Å². The highest BCUT2D eigenvalue weighted by atomic mass is 35.5. The van der Waals surface area contributed by atoms with Gasteiger partial charge in [0.15, 0.2) is 0 Å². The van der Waals surface area contributed by atoms with E-state index in [9.17, 15) is 9.90 Å². The van der Waals surface area contributed by atoms with E-state index in [1.165, 1.54) is 0 Å². The van der Waals surface area contributed by atoms with Crippen LogP contribution < -0.4 is 10.6 Å². The molecule has 4 nitrogen and oxygen atoms in total. The second-order valence-corrected chi connectivity index (χ2v) is 5.10. The highest BCUT2D eigenvalue weighted by molar-refractivity contribution is 5.85. The number of halogens is 1. The number of aliphatic hydroxyl groups is 1. The van der Waals surface area contributed by atoms with Crippen LogP contribution in [-0.2, 0) is 17.9 Å². The molecule has 0 atom stereocenters. The van der Waals surface area contributed by atoms with Crippen LogP contribution in [0.2, 0.25) is 0 Å². The standard InChI is InChI=1S/C15H22N2O2.ClH/c18-11-14-4-2-1-3-13(14)10-17-15(19)9-12-5-7-16-8-6-12;/h1-4,12,16,18H,5-11H2,(H,17,19);1H. The summed E-state index contributed by atoms with van der Waals surface area (Å²) in [5.74, 6) is 0.619. The summed E-state index contributed by atoms with van der Waals surface area (Å²) in [5.41, 5.74) is 1.87. The van der Waals surface area contributed by atoms with E-state index in [0.717, 1.165) is 37.1 Å². The first-order chi connectivity index (χ1) is 9.29. The molecule has 1 fully saturated rings. The number of piperidine rings is 1. The number of aliphatic hydroxyl groups excluding tert-OH is 1. The van der Waals surface area contributed by atoms with Gasteiger partial charge in [0, 0.05) is 13.0 Å². The Labute approximate surface area is 126 Å². The van der Waals surface area contributed by atoms with Crippen LogP contribution in [0.1, 0.15) is 30.4 Å². The quantitative estimate of drug-likeness (QED) is 0.774. The monoisotopic (exact) mass is 298 g/mol. The lowest BCUT2D eigenvalue weighted by molar-refractivity contribution is -0.122. The van der Waals surface area contributed by atoms with Crippen LogP contribution in [-0.4, -0.2) is 24.1 Å². The maximum atomic E-state index is 11.9. The number of benzene rings is 1. The molecule has 0 aromatic heterocycles. The lowest BCUT2D eigenvalue weighted by Crippen LogP contribution is -2.32. The average molecular weight is 299 g/mol.